The Labute approximate surface area is 148 Å². The topological polar surface area (TPSA) is 59.0 Å². The molecular formula is C18H19F3N4O. The number of aromatic nitrogens is 2. The Balaban J connectivity index is 1.63. The number of hydrogen-bond acceptors (Lipinski definition) is 3. The number of amides is 1. The van der Waals surface area contributed by atoms with Gasteiger partial charge >= 0.3 is 6.18 Å². The Morgan fingerprint density at radius 3 is 2.69 bits per heavy atom. The van der Waals surface area contributed by atoms with E-state index in [2.05, 4.69) is 15.7 Å². The lowest BCUT2D eigenvalue weighted by Gasteiger charge is -2.27. The van der Waals surface area contributed by atoms with Crippen LogP contribution in [0, 0.1) is 5.92 Å². The van der Waals surface area contributed by atoms with Crippen LogP contribution in [0.15, 0.2) is 30.5 Å². The van der Waals surface area contributed by atoms with Crippen LogP contribution in [-0.2, 0) is 6.18 Å². The molecule has 1 aliphatic heterocycles. The summed E-state index contributed by atoms with van der Waals surface area (Å²) >= 11 is 0. The molecule has 1 amide bonds. The van der Waals surface area contributed by atoms with E-state index in [0.717, 1.165) is 38.1 Å². The quantitative estimate of drug-likeness (QED) is 0.858. The van der Waals surface area contributed by atoms with Crippen molar-refractivity contribution in [3.63, 3.8) is 0 Å². The third kappa shape index (κ3) is 3.33. The average molecular weight is 364 g/mol. The zero-order chi connectivity index (χ0) is 18.3. The van der Waals surface area contributed by atoms with Crippen LogP contribution in [0.5, 0.6) is 0 Å². The molecule has 1 saturated carbocycles. The lowest BCUT2D eigenvalue weighted by molar-refractivity contribution is -0.137. The van der Waals surface area contributed by atoms with Gasteiger partial charge in [0.2, 0.25) is 0 Å². The van der Waals surface area contributed by atoms with Gasteiger partial charge in [0.05, 0.1) is 28.7 Å². The van der Waals surface area contributed by atoms with Crippen molar-refractivity contribution in [3.05, 3.63) is 47.3 Å². The summed E-state index contributed by atoms with van der Waals surface area (Å²) in [6.45, 7) is 2.36. The summed E-state index contributed by atoms with van der Waals surface area (Å²) in [6, 6.07) is 5.04. The first-order valence-corrected chi connectivity index (χ1v) is 8.68. The predicted octanol–water partition coefficient (Wildman–Crippen LogP) is 2.72. The van der Waals surface area contributed by atoms with Crippen molar-refractivity contribution in [1.82, 2.24) is 20.4 Å². The van der Waals surface area contributed by atoms with E-state index in [1.165, 1.54) is 16.9 Å². The molecule has 1 saturated heterocycles. The minimum atomic E-state index is -4.42. The number of nitrogens with zero attached hydrogens (tertiary/aromatic N) is 2. The fourth-order valence-electron chi connectivity index (χ4n) is 3.13. The Bertz CT molecular complexity index is 822. The third-order valence-corrected chi connectivity index (χ3v) is 4.85. The van der Waals surface area contributed by atoms with E-state index in [4.69, 9.17) is 0 Å². The van der Waals surface area contributed by atoms with Gasteiger partial charge in [0, 0.05) is 31.5 Å². The Morgan fingerprint density at radius 2 is 2.08 bits per heavy atom. The molecule has 0 radical (unpaired) electrons. The monoisotopic (exact) mass is 364 g/mol. The summed E-state index contributed by atoms with van der Waals surface area (Å²) in [5.41, 5.74) is 0.755. The number of halogens is 3. The molecule has 0 spiro atoms. The van der Waals surface area contributed by atoms with Crippen LogP contribution in [0.4, 0.5) is 13.2 Å². The number of hydrogen-bond donors (Lipinski definition) is 2. The molecule has 2 aliphatic rings. The lowest BCUT2D eigenvalue weighted by Crippen LogP contribution is -2.48. The SMILES string of the molecule is O=C(NCC1CNC1)c1cnn(-c2cccc(C(F)(F)F)c2)c1C1CC1. The Morgan fingerprint density at radius 1 is 1.31 bits per heavy atom. The van der Waals surface area contributed by atoms with Gasteiger partial charge in [-0.05, 0) is 31.0 Å². The number of alkyl halides is 3. The fourth-order valence-corrected chi connectivity index (χ4v) is 3.13. The molecule has 5 nitrogen and oxygen atoms in total. The van der Waals surface area contributed by atoms with Gasteiger partial charge in [0.25, 0.3) is 5.91 Å². The zero-order valence-electron chi connectivity index (χ0n) is 14.0. The molecule has 1 aliphatic carbocycles. The molecule has 138 valence electrons. The molecule has 0 unspecified atom stereocenters. The van der Waals surface area contributed by atoms with Crippen LogP contribution < -0.4 is 10.6 Å². The zero-order valence-corrected chi connectivity index (χ0v) is 14.0. The predicted molar refractivity (Wildman–Crippen MR) is 89.2 cm³/mol. The van der Waals surface area contributed by atoms with Gasteiger partial charge in [-0.25, -0.2) is 4.68 Å². The van der Waals surface area contributed by atoms with Crippen molar-refractivity contribution < 1.29 is 18.0 Å². The van der Waals surface area contributed by atoms with E-state index in [-0.39, 0.29) is 11.8 Å². The molecule has 4 rings (SSSR count). The first kappa shape index (κ1) is 17.1. The second-order valence-electron chi connectivity index (χ2n) is 6.91. The highest BCUT2D eigenvalue weighted by atomic mass is 19.4. The maximum Gasteiger partial charge on any atom is 0.416 e. The summed E-state index contributed by atoms with van der Waals surface area (Å²) in [5, 5.41) is 10.3. The van der Waals surface area contributed by atoms with Crippen LogP contribution in [0.3, 0.4) is 0 Å². The molecule has 2 N–H and O–H groups in total. The van der Waals surface area contributed by atoms with Gasteiger partial charge in [0.1, 0.15) is 0 Å². The maximum atomic E-state index is 13.0. The van der Waals surface area contributed by atoms with E-state index in [9.17, 15) is 18.0 Å². The van der Waals surface area contributed by atoms with E-state index in [1.54, 1.807) is 6.07 Å². The third-order valence-electron chi connectivity index (χ3n) is 4.85. The van der Waals surface area contributed by atoms with Crippen molar-refractivity contribution in [1.29, 1.82) is 0 Å². The highest BCUT2D eigenvalue weighted by Gasteiger charge is 2.34. The molecule has 26 heavy (non-hydrogen) atoms. The number of carbonyl (C=O) groups is 1. The molecule has 1 aromatic carbocycles. The summed E-state index contributed by atoms with van der Waals surface area (Å²) in [5.74, 6) is 0.386. The molecule has 8 heteroatoms. The average Bonchev–Trinajstić information content (AvgIpc) is 3.30. The van der Waals surface area contributed by atoms with Gasteiger partial charge in [-0.1, -0.05) is 6.07 Å². The minimum Gasteiger partial charge on any atom is -0.352 e. The number of nitrogens with one attached hydrogen (secondary N) is 2. The summed E-state index contributed by atoms with van der Waals surface area (Å²) in [6.07, 6.45) is -1.13. The van der Waals surface area contributed by atoms with Gasteiger partial charge < -0.3 is 10.6 Å². The van der Waals surface area contributed by atoms with Gasteiger partial charge in [-0.15, -0.1) is 0 Å². The molecule has 0 atom stereocenters. The second-order valence-corrected chi connectivity index (χ2v) is 6.91. The highest BCUT2D eigenvalue weighted by molar-refractivity contribution is 5.95. The van der Waals surface area contributed by atoms with Crippen LogP contribution in [0.2, 0.25) is 0 Å². The summed E-state index contributed by atoms with van der Waals surface area (Å²) in [4.78, 5) is 12.5. The molecule has 1 aromatic heterocycles. The molecule has 2 aromatic rings. The fraction of sp³-hybridized carbons (Fsp3) is 0.444. The minimum absolute atomic E-state index is 0.165. The maximum absolute atomic E-state index is 13.0. The van der Waals surface area contributed by atoms with Gasteiger partial charge in [-0.3, -0.25) is 4.79 Å². The molecule has 2 heterocycles. The molecule has 0 bridgehead atoms. The number of rotatable bonds is 5. The van der Waals surface area contributed by atoms with Gasteiger partial charge in [0.15, 0.2) is 0 Å². The Kier molecular flexibility index (Phi) is 4.22. The van der Waals surface area contributed by atoms with Crippen molar-refractivity contribution in [2.45, 2.75) is 24.9 Å². The van der Waals surface area contributed by atoms with Crippen LogP contribution >= 0.6 is 0 Å². The molecule has 2 fully saturated rings. The van der Waals surface area contributed by atoms with Crippen LogP contribution in [0.1, 0.15) is 40.4 Å². The van der Waals surface area contributed by atoms with E-state index in [1.807, 2.05) is 0 Å². The largest absolute Gasteiger partial charge is 0.416 e. The Hall–Kier alpha value is -2.35. The van der Waals surface area contributed by atoms with Gasteiger partial charge in [-0.2, -0.15) is 18.3 Å². The second kappa shape index (κ2) is 6.42. The van der Waals surface area contributed by atoms with Crippen LogP contribution in [0.25, 0.3) is 5.69 Å². The molecular weight excluding hydrogens is 345 g/mol. The number of benzene rings is 1. The normalized spacial score (nSPS) is 17.8. The van der Waals surface area contributed by atoms with Crippen LogP contribution in [-0.4, -0.2) is 35.3 Å². The number of carbonyl (C=O) groups excluding carboxylic acids is 1. The standard InChI is InChI=1S/C18H19F3N4O/c19-18(20,21)13-2-1-3-14(6-13)25-16(12-4-5-12)15(10-24-25)17(26)23-9-11-7-22-8-11/h1-3,6,10-12,22H,4-5,7-9H2,(H,23,26). The first-order chi connectivity index (χ1) is 12.4. The van der Waals surface area contributed by atoms with Crippen molar-refractivity contribution in [2.24, 2.45) is 5.92 Å². The first-order valence-electron chi connectivity index (χ1n) is 8.68. The van der Waals surface area contributed by atoms with Crippen molar-refractivity contribution in [2.75, 3.05) is 19.6 Å². The summed E-state index contributed by atoms with van der Waals surface area (Å²) < 4.78 is 40.5. The summed E-state index contributed by atoms with van der Waals surface area (Å²) in [7, 11) is 0. The highest BCUT2D eigenvalue weighted by Crippen LogP contribution is 2.42. The van der Waals surface area contributed by atoms with E-state index < -0.39 is 11.7 Å². The van der Waals surface area contributed by atoms with E-state index >= 15 is 0 Å². The van der Waals surface area contributed by atoms with E-state index in [0.29, 0.717) is 29.4 Å². The van der Waals surface area contributed by atoms with Crippen molar-refractivity contribution >= 4 is 5.91 Å². The smallest absolute Gasteiger partial charge is 0.352 e. The van der Waals surface area contributed by atoms with Crippen molar-refractivity contribution in [3.8, 4) is 5.69 Å². The lowest BCUT2D eigenvalue weighted by atomic mass is 10.0.